The third-order valence-electron chi connectivity index (χ3n) is 7.65. The fraction of sp³-hybridized carbons (Fsp3) is 0. The Morgan fingerprint density at radius 1 is 0.457 bits per heavy atom. The lowest BCUT2D eigenvalue weighted by molar-refractivity contribution is 0.669. The van der Waals surface area contributed by atoms with Gasteiger partial charge in [-0.1, -0.05) is 66.7 Å². The predicted octanol–water partition coefficient (Wildman–Crippen LogP) is 8.68. The zero-order valence-electron chi connectivity index (χ0n) is 18.7. The molecule has 4 aromatic carbocycles. The van der Waals surface area contributed by atoms with Gasteiger partial charge >= 0.3 is 0 Å². The topological polar surface area (TPSA) is 22.5 Å². The van der Waals surface area contributed by atoms with Crippen molar-refractivity contribution >= 4 is 71.1 Å². The summed E-state index contributed by atoms with van der Waals surface area (Å²) in [6.07, 6.45) is 0. The highest BCUT2D eigenvalue weighted by Gasteiger charge is 2.24. The first-order valence-corrected chi connectivity index (χ1v) is 12.0. The maximum Gasteiger partial charge on any atom is 0.135 e. The van der Waals surface area contributed by atoms with Crippen molar-refractivity contribution in [2.24, 2.45) is 0 Å². The van der Waals surface area contributed by atoms with Gasteiger partial charge < -0.3 is 13.4 Å². The minimum Gasteiger partial charge on any atom is -0.456 e. The fourth-order valence-corrected chi connectivity index (χ4v) is 6.27. The average Bonchev–Trinajstić information content (AvgIpc) is 3.63. The Balaban J connectivity index is 1.55. The van der Waals surface area contributed by atoms with E-state index in [0.29, 0.717) is 0 Å². The Labute approximate surface area is 199 Å². The Morgan fingerprint density at radius 3 is 2.06 bits per heavy atom. The van der Waals surface area contributed by atoms with Crippen LogP contribution in [0, 0.1) is 0 Å². The van der Waals surface area contributed by atoms with E-state index in [1.165, 1.54) is 49.1 Å². The Hall–Kier alpha value is -4.76. The quantitative estimate of drug-likeness (QED) is 0.247. The monoisotopic (exact) mass is 446 g/mol. The van der Waals surface area contributed by atoms with Gasteiger partial charge in [0.05, 0.1) is 27.6 Å². The number of nitrogens with zero attached hydrogens (tertiary/aromatic N) is 2. The molecular formula is C32H18N2O. The maximum atomic E-state index is 6.13. The third-order valence-corrected chi connectivity index (χ3v) is 7.65. The molecular weight excluding hydrogens is 428 g/mol. The molecule has 3 heteroatoms. The molecule has 0 aliphatic carbocycles. The van der Waals surface area contributed by atoms with Gasteiger partial charge in [-0.05, 0) is 42.5 Å². The molecule has 0 radical (unpaired) electrons. The molecule has 0 bridgehead atoms. The van der Waals surface area contributed by atoms with Crippen LogP contribution in [-0.4, -0.2) is 8.97 Å². The molecule has 3 nitrogen and oxygen atoms in total. The summed E-state index contributed by atoms with van der Waals surface area (Å²) in [6, 6.07) is 39.1. The number of furan rings is 1. The van der Waals surface area contributed by atoms with E-state index in [1.54, 1.807) is 0 Å². The van der Waals surface area contributed by atoms with Crippen LogP contribution in [0.2, 0.25) is 0 Å². The van der Waals surface area contributed by atoms with Crippen LogP contribution in [0.3, 0.4) is 0 Å². The molecule has 0 fully saturated rings. The highest BCUT2D eigenvalue weighted by molar-refractivity contribution is 6.29. The first-order valence-electron chi connectivity index (χ1n) is 12.0. The van der Waals surface area contributed by atoms with Crippen LogP contribution in [0.1, 0.15) is 0 Å². The smallest absolute Gasteiger partial charge is 0.135 e. The Kier molecular flexibility index (Phi) is 3.04. The van der Waals surface area contributed by atoms with Crippen molar-refractivity contribution in [3.05, 3.63) is 109 Å². The Bertz CT molecular complexity index is 2270. The zero-order valence-corrected chi connectivity index (χ0v) is 18.7. The first-order chi connectivity index (χ1) is 17.4. The molecule has 5 aromatic heterocycles. The number of aromatic nitrogens is 2. The molecule has 0 N–H and O–H groups in total. The van der Waals surface area contributed by atoms with Crippen molar-refractivity contribution in [1.29, 1.82) is 0 Å². The van der Waals surface area contributed by atoms with Gasteiger partial charge in [-0.25, -0.2) is 0 Å². The second-order valence-corrected chi connectivity index (χ2v) is 9.38. The molecule has 0 saturated carbocycles. The zero-order chi connectivity index (χ0) is 22.7. The summed E-state index contributed by atoms with van der Waals surface area (Å²) in [7, 11) is 0. The molecule has 0 aliphatic rings. The molecule has 5 heterocycles. The summed E-state index contributed by atoms with van der Waals surface area (Å²) in [5.41, 5.74) is 9.26. The van der Waals surface area contributed by atoms with E-state index < -0.39 is 0 Å². The van der Waals surface area contributed by atoms with Gasteiger partial charge in [0.1, 0.15) is 11.2 Å². The molecule has 9 aromatic rings. The standard InChI is InChI=1S/C32H18N2O/c1-2-10-22-20(8-1)25-13-7-14-27-30-23-11-3-5-12-26(23)33(32(30)31(22)34(25)27)19-16-17-29-24(18-19)21-9-4-6-15-28(21)35-29/h1-18H. The van der Waals surface area contributed by atoms with Crippen LogP contribution in [0.25, 0.3) is 76.8 Å². The second kappa shape index (κ2) is 6.02. The minimum absolute atomic E-state index is 0.918. The van der Waals surface area contributed by atoms with Crippen molar-refractivity contribution in [2.75, 3.05) is 0 Å². The molecule has 162 valence electrons. The molecule has 9 rings (SSSR count). The molecule has 0 saturated heterocycles. The van der Waals surface area contributed by atoms with Gasteiger partial charge in [0, 0.05) is 38.0 Å². The summed E-state index contributed by atoms with van der Waals surface area (Å²) < 4.78 is 11.0. The van der Waals surface area contributed by atoms with Crippen LogP contribution in [0.15, 0.2) is 114 Å². The molecule has 0 aliphatic heterocycles. The largest absolute Gasteiger partial charge is 0.456 e. The van der Waals surface area contributed by atoms with Crippen molar-refractivity contribution < 1.29 is 4.42 Å². The first kappa shape index (κ1) is 17.7. The summed E-state index contributed by atoms with van der Waals surface area (Å²) in [5, 5.41) is 7.46. The van der Waals surface area contributed by atoms with Crippen LogP contribution in [0.4, 0.5) is 0 Å². The van der Waals surface area contributed by atoms with E-state index in [0.717, 1.165) is 27.6 Å². The fourth-order valence-electron chi connectivity index (χ4n) is 6.27. The number of rotatable bonds is 1. The number of hydrogen-bond acceptors (Lipinski definition) is 1. The normalized spacial score (nSPS) is 12.6. The van der Waals surface area contributed by atoms with Crippen LogP contribution in [-0.2, 0) is 0 Å². The maximum absolute atomic E-state index is 6.13. The summed E-state index contributed by atoms with van der Waals surface area (Å²) in [5.74, 6) is 0. The molecule has 0 unspecified atom stereocenters. The number of hydrogen-bond donors (Lipinski definition) is 0. The highest BCUT2D eigenvalue weighted by Crippen LogP contribution is 2.44. The van der Waals surface area contributed by atoms with E-state index in [9.17, 15) is 0 Å². The average molecular weight is 447 g/mol. The van der Waals surface area contributed by atoms with E-state index in [1.807, 2.05) is 12.1 Å². The lowest BCUT2D eigenvalue weighted by atomic mass is 10.1. The predicted molar refractivity (Wildman–Crippen MR) is 145 cm³/mol. The van der Waals surface area contributed by atoms with Gasteiger partial charge in [-0.2, -0.15) is 0 Å². The van der Waals surface area contributed by atoms with Gasteiger partial charge in [-0.15, -0.1) is 0 Å². The summed E-state index contributed by atoms with van der Waals surface area (Å²) in [4.78, 5) is 0. The second-order valence-electron chi connectivity index (χ2n) is 9.38. The van der Waals surface area contributed by atoms with Gasteiger partial charge in [0.2, 0.25) is 0 Å². The lowest BCUT2D eigenvalue weighted by Gasteiger charge is -2.08. The molecule has 35 heavy (non-hydrogen) atoms. The summed E-state index contributed by atoms with van der Waals surface area (Å²) >= 11 is 0. The van der Waals surface area contributed by atoms with Gasteiger partial charge in [0.15, 0.2) is 0 Å². The SMILES string of the molecule is c1ccc2c(c1)oc1ccc(-n3c4ccccc4c4c3c3c5ccccc5c5cccc4n53)cc12. The number of para-hydroxylation sites is 2. The van der Waals surface area contributed by atoms with Crippen molar-refractivity contribution in [1.82, 2.24) is 8.97 Å². The van der Waals surface area contributed by atoms with E-state index in [-0.39, 0.29) is 0 Å². The lowest BCUT2D eigenvalue weighted by Crippen LogP contribution is -1.93. The third kappa shape index (κ3) is 2.04. The van der Waals surface area contributed by atoms with Gasteiger partial charge in [-0.3, -0.25) is 0 Å². The molecule has 0 atom stereocenters. The molecule has 0 amide bonds. The number of benzene rings is 4. The van der Waals surface area contributed by atoms with Gasteiger partial charge in [0.25, 0.3) is 0 Å². The van der Waals surface area contributed by atoms with Crippen molar-refractivity contribution in [3.63, 3.8) is 0 Å². The van der Waals surface area contributed by atoms with E-state index in [2.05, 4.69) is 106 Å². The van der Waals surface area contributed by atoms with Crippen LogP contribution in [0.5, 0.6) is 0 Å². The van der Waals surface area contributed by atoms with E-state index in [4.69, 9.17) is 4.42 Å². The van der Waals surface area contributed by atoms with Crippen LogP contribution >= 0.6 is 0 Å². The summed E-state index contributed by atoms with van der Waals surface area (Å²) in [6.45, 7) is 0. The number of pyridine rings is 1. The van der Waals surface area contributed by atoms with Crippen LogP contribution < -0.4 is 0 Å². The van der Waals surface area contributed by atoms with Crippen molar-refractivity contribution in [2.45, 2.75) is 0 Å². The molecule has 0 spiro atoms. The number of fused-ring (bicyclic) bond motifs is 11. The minimum atomic E-state index is 0.918. The highest BCUT2D eigenvalue weighted by atomic mass is 16.3. The van der Waals surface area contributed by atoms with E-state index >= 15 is 0 Å². The van der Waals surface area contributed by atoms with Crippen molar-refractivity contribution in [3.8, 4) is 5.69 Å². The Morgan fingerprint density at radius 2 is 1.14 bits per heavy atom.